The highest BCUT2D eigenvalue weighted by molar-refractivity contribution is 7.80. The monoisotopic (exact) mass is 484 g/mol. The second-order valence-electron chi connectivity index (χ2n) is 8.75. The summed E-state index contributed by atoms with van der Waals surface area (Å²) in [5.74, 6) is 1.66. The number of hydrogen-bond donors (Lipinski definition) is 1. The molecule has 5 rings (SSSR count). The van der Waals surface area contributed by atoms with E-state index >= 15 is 0 Å². The van der Waals surface area contributed by atoms with Gasteiger partial charge in [0.2, 0.25) is 0 Å². The Morgan fingerprint density at radius 1 is 1.06 bits per heavy atom. The molecule has 1 aliphatic rings. The van der Waals surface area contributed by atoms with Crippen molar-refractivity contribution in [3.8, 4) is 11.3 Å². The molecule has 0 radical (unpaired) electrons. The van der Waals surface area contributed by atoms with Gasteiger partial charge < -0.3 is 14.6 Å². The minimum atomic E-state index is -0.410. The molecule has 0 amide bonds. The molecule has 8 heteroatoms. The molecule has 4 aromatic rings. The predicted molar refractivity (Wildman–Crippen MR) is 139 cm³/mol. The van der Waals surface area contributed by atoms with E-state index in [1.807, 2.05) is 30.3 Å². The molecule has 1 aliphatic heterocycles. The largest absolute Gasteiger partial charge is 0.459 e. The Morgan fingerprint density at radius 3 is 2.54 bits per heavy atom. The van der Waals surface area contributed by atoms with Crippen LogP contribution in [-0.4, -0.2) is 15.0 Å². The molecule has 0 spiro atoms. The van der Waals surface area contributed by atoms with Crippen LogP contribution in [0.1, 0.15) is 48.9 Å². The second kappa shape index (κ2) is 9.31. The van der Waals surface area contributed by atoms with Gasteiger partial charge in [0.05, 0.1) is 16.7 Å². The Balaban J connectivity index is 1.57. The summed E-state index contributed by atoms with van der Waals surface area (Å²) >= 11 is 5.78. The van der Waals surface area contributed by atoms with Crippen molar-refractivity contribution in [2.24, 2.45) is 0 Å². The van der Waals surface area contributed by atoms with E-state index in [0.29, 0.717) is 28.1 Å². The molecule has 0 aliphatic carbocycles. The smallest absolute Gasteiger partial charge is 0.270 e. The molecule has 2 aromatic heterocycles. The number of nitro benzene ring substituents is 1. The van der Waals surface area contributed by atoms with Crippen molar-refractivity contribution >= 4 is 28.7 Å². The molecule has 1 fully saturated rings. The fraction of sp³-hybridized carbons (Fsp3) is 0.185. The number of nitrogens with zero attached hydrogens (tertiary/aromatic N) is 3. The van der Waals surface area contributed by atoms with Gasteiger partial charge in [-0.05, 0) is 60.1 Å². The molecular weight excluding hydrogens is 460 g/mol. The molecule has 0 bridgehead atoms. The van der Waals surface area contributed by atoms with E-state index in [1.54, 1.807) is 18.3 Å². The third kappa shape index (κ3) is 4.40. The maximum atomic E-state index is 11.2. The molecule has 1 N–H and O–H groups in total. The van der Waals surface area contributed by atoms with E-state index in [1.165, 1.54) is 17.7 Å². The standard InChI is InChI=1S/C27H24N4O3S/c1-17(2)18-9-11-20(12-10-18)30-26(25(29-27(30)35)22-8-3-4-15-28-22)24-14-13-23(34-24)19-6-5-7-21(16-19)31(32)33/h3-17,25-26H,1-2H3,(H,29,35). The van der Waals surface area contributed by atoms with Crippen molar-refractivity contribution < 1.29 is 9.34 Å². The van der Waals surface area contributed by atoms with Crippen LogP contribution in [0.15, 0.2) is 89.5 Å². The highest BCUT2D eigenvalue weighted by atomic mass is 32.1. The average Bonchev–Trinajstić information content (AvgIpc) is 3.49. The third-order valence-electron chi connectivity index (χ3n) is 6.20. The summed E-state index contributed by atoms with van der Waals surface area (Å²) in [6, 6.07) is 23.8. The maximum absolute atomic E-state index is 11.2. The number of anilines is 1. The number of aromatic nitrogens is 1. The van der Waals surface area contributed by atoms with Gasteiger partial charge in [-0.2, -0.15) is 0 Å². The molecule has 2 atom stereocenters. The second-order valence-corrected chi connectivity index (χ2v) is 9.14. The summed E-state index contributed by atoms with van der Waals surface area (Å²) in [6.07, 6.45) is 1.76. The van der Waals surface area contributed by atoms with Gasteiger partial charge in [0, 0.05) is 29.6 Å². The van der Waals surface area contributed by atoms with E-state index in [4.69, 9.17) is 16.6 Å². The topological polar surface area (TPSA) is 84.4 Å². The summed E-state index contributed by atoms with van der Waals surface area (Å²) in [5, 5.41) is 15.2. The van der Waals surface area contributed by atoms with Gasteiger partial charge in [0.25, 0.3) is 5.69 Å². The number of furan rings is 1. The normalized spacial score (nSPS) is 17.6. The Hall–Kier alpha value is -4.04. The van der Waals surface area contributed by atoms with Crippen molar-refractivity contribution in [1.82, 2.24) is 10.3 Å². The van der Waals surface area contributed by atoms with Crippen LogP contribution in [0.25, 0.3) is 11.3 Å². The molecule has 1 saturated heterocycles. The van der Waals surface area contributed by atoms with Gasteiger partial charge in [-0.1, -0.05) is 44.2 Å². The molecular formula is C27H24N4O3S. The quantitative estimate of drug-likeness (QED) is 0.189. The maximum Gasteiger partial charge on any atom is 0.270 e. The van der Waals surface area contributed by atoms with Crippen molar-refractivity contribution in [1.29, 1.82) is 0 Å². The number of nitro groups is 1. The lowest BCUT2D eigenvalue weighted by Crippen LogP contribution is -2.29. The lowest BCUT2D eigenvalue weighted by atomic mass is 10.0. The van der Waals surface area contributed by atoms with Crippen LogP contribution in [0.4, 0.5) is 11.4 Å². The Kier molecular flexibility index (Phi) is 6.05. The lowest BCUT2D eigenvalue weighted by Gasteiger charge is -2.26. The number of hydrogen-bond acceptors (Lipinski definition) is 5. The first-order valence-corrected chi connectivity index (χ1v) is 11.8. The highest BCUT2D eigenvalue weighted by Crippen LogP contribution is 2.43. The average molecular weight is 485 g/mol. The van der Waals surface area contributed by atoms with E-state index < -0.39 is 4.92 Å². The van der Waals surface area contributed by atoms with Crippen molar-refractivity contribution in [3.05, 3.63) is 112 Å². The number of non-ortho nitro benzene ring substituents is 1. The van der Waals surface area contributed by atoms with Crippen molar-refractivity contribution in [3.63, 3.8) is 0 Å². The molecule has 7 nitrogen and oxygen atoms in total. The zero-order valence-electron chi connectivity index (χ0n) is 19.3. The van der Waals surface area contributed by atoms with E-state index in [-0.39, 0.29) is 17.8 Å². The van der Waals surface area contributed by atoms with Gasteiger partial charge in [-0.3, -0.25) is 15.1 Å². The van der Waals surface area contributed by atoms with Gasteiger partial charge in [-0.15, -0.1) is 0 Å². The molecule has 3 heterocycles. The van der Waals surface area contributed by atoms with Crippen LogP contribution in [0.5, 0.6) is 0 Å². The molecule has 0 saturated carbocycles. The van der Waals surface area contributed by atoms with Gasteiger partial charge in [0.15, 0.2) is 5.11 Å². The number of pyridine rings is 1. The fourth-order valence-electron chi connectivity index (χ4n) is 4.38. The first-order valence-electron chi connectivity index (χ1n) is 11.4. The van der Waals surface area contributed by atoms with Crippen LogP contribution < -0.4 is 10.2 Å². The Labute approximate surface area is 208 Å². The zero-order chi connectivity index (χ0) is 24.5. The van der Waals surface area contributed by atoms with E-state index in [2.05, 4.69) is 53.3 Å². The first kappa shape index (κ1) is 22.7. The minimum absolute atomic E-state index is 0.0161. The third-order valence-corrected chi connectivity index (χ3v) is 6.51. The number of benzene rings is 2. The van der Waals surface area contributed by atoms with Gasteiger partial charge >= 0.3 is 0 Å². The number of nitrogens with one attached hydrogen (secondary N) is 1. The highest BCUT2D eigenvalue weighted by Gasteiger charge is 2.42. The van der Waals surface area contributed by atoms with Gasteiger partial charge in [-0.25, -0.2) is 0 Å². The summed E-state index contributed by atoms with van der Waals surface area (Å²) < 4.78 is 6.31. The molecule has 176 valence electrons. The predicted octanol–water partition coefficient (Wildman–Crippen LogP) is 6.55. The summed E-state index contributed by atoms with van der Waals surface area (Å²) in [5.41, 5.74) is 3.69. The summed E-state index contributed by atoms with van der Waals surface area (Å²) in [7, 11) is 0. The van der Waals surface area contributed by atoms with Crippen LogP contribution >= 0.6 is 12.2 Å². The molecule has 35 heavy (non-hydrogen) atoms. The molecule has 2 aromatic carbocycles. The SMILES string of the molecule is CC(C)c1ccc(N2C(=S)NC(c3ccccn3)C2c2ccc(-c3cccc([N+](=O)[O-])c3)o2)cc1. The Morgan fingerprint density at radius 2 is 1.86 bits per heavy atom. The van der Waals surface area contributed by atoms with E-state index in [9.17, 15) is 10.1 Å². The minimum Gasteiger partial charge on any atom is -0.459 e. The Bertz CT molecular complexity index is 1370. The van der Waals surface area contributed by atoms with Crippen LogP contribution in [0.3, 0.4) is 0 Å². The van der Waals surface area contributed by atoms with Crippen molar-refractivity contribution in [2.45, 2.75) is 31.8 Å². The fourth-order valence-corrected chi connectivity index (χ4v) is 4.73. The van der Waals surface area contributed by atoms with Crippen LogP contribution in [0, 0.1) is 10.1 Å². The number of thiocarbonyl (C=S) groups is 1. The molecule has 2 unspecified atom stereocenters. The summed E-state index contributed by atoms with van der Waals surface area (Å²) in [4.78, 5) is 17.4. The van der Waals surface area contributed by atoms with Gasteiger partial charge in [0.1, 0.15) is 17.6 Å². The van der Waals surface area contributed by atoms with Crippen molar-refractivity contribution in [2.75, 3.05) is 4.90 Å². The number of rotatable bonds is 6. The first-order chi connectivity index (χ1) is 16.9. The van der Waals surface area contributed by atoms with E-state index in [0.717, 1.165) is 11.4 Å². The zero-order valence-corrected chi connectivity index (χ0v) is 20.1. The van der Waals surface area contributed by atoms with Crippen LogP contribution in [-0.2, 0) is 0 Å². The lowest BCUT2D eigenvalue weighted by molar-refractivity contribution is -0.384. The summed E-state index contributed by atoms with van der Waals surface area (Å²) in [6.45, 7) is 4.32. The van der Waals surface area contributed by atoms with Crippen LogP contribution in [0.2, 0.25) is 0 Å².